The molecule has 1 aliphatic carbocycles. The Labute approximate surface area is 149 Å². The van der Waals surface area contributed by atoms with Gasteiger partial charge in [-0.2, -0.15) is 0 Å². The van der Waals surface area contributed by atoms with Gasteiger partial charge in [-0.3, -0.25) is 0 Å². The molecule has 1 saturated carbocycles. The van der Waals surface area contributed by atoms with Crippen molar-refractivity contribution in [3.63, 3.8) is 0 Å². The van der Waals surface area contributed by atoms with E-state index in [1.807, 2.05) is 28.9 Å². The first-order valence-electron chi connectivity index (χ1n) is 8.33. The first-order chi connectivity index (χ1) is 12.3. The normalized spacial score (nSPS) is 14.9. The molecule has 1 aliphatic rings. The lowest BCUT2D eigenvalue weighted by Gasteiger charge is -2.10. The number of methoxy groups -OCH3 is 1. The van der Waals surface area contributed by atoms with E-state index in [9.17, 15) is 0 Å². The fourth-order valence-corrected chi connectivity index (χ4v) is 3.86. The van der Waals surface area contributed by atoms with Crippen LogP contribution in [0.5, 0.6) is 5.75 Å². The Morgan fingerprint density at radius 1 is 1.24 bits per heavy atom. The van der Waals surface area contributed by atoms with Gasteiger partial charge in [0, 0.05) is 11.3 Å². The third-order valence-electron chi connectivity index (χ3n) is 4.37. The minimum Gasteiger partial charge on any atom is -0.497 e. The largest absolute Gasteiger partial charge is 0.497 e. The van der Waals surface area contributed by atoms with Gasteiger partial charge < -0.3 is 9.15 Å². The van der Waals surface area contributed by atoms with Crippen molar-refractivity contribution >= 4 is 11.8 Å². The molecule has 0 atom stereocenters. The Morgan fingerprint density at radius 2 is 2.04 bits per heavy atom. The van der Waals surface area contributed by atoms with Crippen molar-refractivity contribution in [2.24, 2.45) is 0 Å². The molecule has 0 N–H and O–H groups in total. The van der Waals surface area contributed by atoms with Gasteiger partial charge in [-0.15, -0.1) is 5.10 Å². The van der Waals surface area contributed by atoms with Crippen molar-refractivity contribution in [3.05, 3.63) is 36.2 Å². The number of hydrogen-bond donors (Lipinski definition) is 0. The number of benzene rings is 1. The van der Waals surface area contributed by atoms with Gasteiger partial charge in [0.05, 0.1) is 18.8 Å². The molecule has 0 spiro atoms. The highest BCUT2D eigenvalue weighted by Gasteiger charge is 2.21. The van der Waals surface area contributed by atoms with Crippen molar-refractivity contribution in [1.29, 1.82) is 0 Å². The maximum absolute atomic E-state index is 5.60. The SMILES string of the molecule is COc1ccc(-c2nc(CSc3nnnn3C3CCCC3)co2)cc1. The predicted octanol–water partition coefficient (Wildman–Crippen LogP) is 3.74. The average molecular weight is 357 g/mol. The number of tetrazole rings is 1. The van der Waals surface area contributed by atoms with Crippen LogP contribution in [0.15, 0.2) is 40.1 Å². The maximum atomic E-state index is 5.60. The highest BCUT2D eigenvalue weighted by Crippen LogP contribution is 2.32. The zero-order valence-electron chi connectivity index (χ0n) is 14.0. The Bertz CT molecular complexity index is 824. The Kier molecular flexibility index (Phi) is 4.69. The maximum Gasteiger partial charge on any atom is 0.226 e. The lowest BCUT2D eigenvalue weighted by molar-refractivity contribution is 0.415. The molecule has 1 aromatic carbocycles. The fourth-order valence-electron chi connectivity index (χ4n) is 3.04. The second kappa shape index (κ2) is 7.26. The molecule has 0 bridgehead atoms. The van der Waals surface area contributed by atoms with E-state index in [-0.39, 0.29) is 0 Å². The summed E-state index contributed by atoms with van der Waals surface area (Å²) in [5, 5.41) is 13.0. The van der Waals surface area contributed by atoms with Gasteiger partial charge >= 0.3 is 0 Å². The Morgan fingerprint density at radius 3 is 2.80 bits per heavy atom. The van der Waals surface area contributed by atoms with E-state index in [0.29, 0.717) is 17.7 Å². The summed E-state index contributed by atoms with van der Waals surface area (Å²) in [6.07, 6.45) is 6.51. The summed E-state index contributed by atoms with van der Waals surface area (Å²) in [6, 6.07) is 8.09. The molecule has 7 nitrogen and oxygen atoms in total. The zero-order valence-corrected chi connectivity index (χ0v) is 14.8. The standard InChI is InChI=1S/C17H19N5O2S/c1-23-15-8-6-12(7-9-15)16-18-13(10-24-16)11-25-17-19-20-21-22(17)14-4-2-3-5-14/h6-10,14H,2-5,11H2,1H3. The van der Waals surface area contributed by atoms with Gasteiger partial charge in [0.25, 0.3) is 0 Å². The summed E-state index contributed by atoms with van der Waals surface area (Å²) < 4.78 is 12.7. The molecule has 3 aromatic rings. The molecule has 130 valence electrons. The van der Waals surface area contributed by atoms with Crippen LogP contribution in [0.4, 0.5) is 0 Å². The van der Waals surface area contributed by atoms with E-state index in [0.717, 1.165) is 35.0 Å². The molecule has 0 aliphatic heterocycles. The third kappa shape index (κ3) is 3.53. The van der Waals surface area contributed by atoms with Crippen LogP contribution >= 0.6 is 11.8 Å². The smallest absolute Gasteiger partial charge is 0.226 e. The molecule has 1 fully saturated rings. The van der Waals surface area contributed by atoms with Crippen LogP contribution < -0.4 is 4.74 Å². The highest BCUT2D eigenvalue weighted by atomic mass is 32.2. The number of thioether (sulfide) groups is 1. The van der Waals surface area contributed by atoms with Crippen LogP contribution in [0.3, 0.4) is 0 Å². The molecule has 0 saturated heterocycles. The average Bonchev–Trinajstić information content (AvgIpc) is 3.40. The summed E-state index contributed by atoms with van der Waals surface area (Å²) in [7, 11) is 1.65. The van der Waals surface area contributed by atoms with Gasteiger partial charge in [-0.1, -0.05) is 24.6 Å². The quantitative estimate of drug-likeness (QED) is 0.622. The van der Waals surface area contributed by atoms with Crippen molar-refractivity contribution in [1.82, 2.24) is 25.2 Å². The van der Waals surface area contributed by atoms with Gasteiger partial charge in [0.1, 0.15) is 12.0 Å². The lowest BCUT2D eigenvalue weighted by Crippen LogP contribution is -2.08. The third-order valence-corrected chi connectivity index (χ3v) is 5.34. The van der Waals surface area contributed by atoms with E-state index < -0.39 is 0 Å². The molecule has 8 heteroatoms. The van der Waals surface area contributed by atoms with Gasteiger partial charge in [0.15, 0.2) is 0 Å². The Balaban J connectivity index is 1.42. The molecule has 4 rings (SSSR count). The second-order valence-corrected chi connectivity index (χ2v) is 6.95. The van der Waals surface area contributed by atoms with E-state index in [1.54, 1.807) is 25.1 Å². The number of hydrogen-bond acceptors (Lipinski definition) is 7. The van der Waals surface area contributed by atoms with Crippen LogP contribution in [0.2, 0.25) is 0 Å². The number of ether oxygens (including phenoxy) is 1. The monoisotopic (exact) mass is 357 g/mol. The molecule has 0 unspecified atom stereocenters. The number of oxazole rings is 1. The van der Waals surface area contributed by atoms with Gasteiger partial charge in [0.2, 0.25) is 11.0 Å². The van der Waals surface area contributed by atoms with Crippen molar-refractivity contribution < 1.29 is 9.15 Å². The second-order valence-electron chi connectivity index (χ2n) is 6.01. The lowest BCUT2D eigenvalue weighted by atomic mass is 10.2. The molecule has 0 radical (unpaired) electrons. The van der Waals surface area contributed by atoms with E-state index >= 15 is 0 Å². The molecular formula is C17H19N5O2S. The minimum atomic E-state index is 0.435. The minimum absolute atomic E-state index is 0.435. The van der Waals surface area contributed by atoms with Crippen LogP contribution in [-0.4, -0.2) is 32.3 Å². The van der Waals surface area contributed by atoms with Gasteiger partial charge in [-0.05, 0) is 47.5 Å². The van der Waals surface area contributed by atoms with Crippen molar-refractivity contribution in [2.75, 3.05) is 7.11 Å². The molecular weight excluding hydrogens is 338 g/mol. The highest BCUT2D eigenvalue weighted by molar-refractivity contribution is 7.98. The first kappa shape index (κ1) is 16.1. The summed E-state index contributed by atoms with van der Waals surface area (Å²) >= 11 is 1.59. The summed E-state index contributed by atoms with van der Waals surface area (Å²) in [4.78, 5) is 4.56. The predicted molar refractivity (Wildman–Crippen MR) is 93.4 cm³/mol. The first-order valence-corrected chi connectivity index (χ1v) is 9.31. The summed E-state index contributed by atoms with van der Waals surface area (Å²) in [6.45, 7) is 0. The zero-order chi connectivity index (χ0) is 17.1. The topological polar surface area (TPSA) is 78.9 Å². The van der Waals surface area contributed by atoms with E-state index in [2.05, 4.69) is 20.5 Å². The van der Waals surface area contributed by atoms with Crippen LogP contribution in [0, 0.1) is 0 Å². The summed E-state index contributed by atoms with van der Waals surface area (Å²) in [5.41, 5.74) is 1.80. The van der Waals surface area contributed by atoms with Crippen LogP contribution in [0.1, 0.15) is 37.4 Å². The fraction of sp³-hybridized carbons (Fsp3) is 0.412. The number of rotatable bonds is 6. The van der Waals surface area contributed by atoms with Gasteiger partial charge in [-0.25, -0.2) is 9.67 Å². The van der Waals surface area contributed by atoms with Crippen LogP contribution in [0.25, 0.3) is 11.5 Å². The van der Waals surface area contributed by atoms with Crippen LogP contribution in [-0.2, 0) is 5.75 Å². The molecule has 2 heterocycles. The summed E-state index contributed by atoms with van der Waals surface area (Å²) in [5.74, 6) is 2.09. The molecule has 2 aromatic heterocycles. The van der Waals surface area contributed by atoms with E-state index in [4.69, 9.17) is 9.15 Å². The van der Waals surface area contributed by atoms with Crippen molar-refractivity contribution in [2.45, 2.75) is 42.6 Å². The molecule has 25 heavy (non-hydrogen) atoms. The number of nitrogens with zero attached hydrogens (tertiary/aromatic N) is 5. The molecule has 0 amide bonds. The number of aromatic nitrogens is 5. The van der Waals surface area contributed by atoms with Crippen molar-refractivity contribution in [3.8, 4) is 17.2 Å². The van der Waals surface area contributed by atoms with E-state index in [1.165, 1.54) is 12.8 Å². The Hall–Kier alpha value is -2.35.